The fourth-order valence-corrected chi connectivity index (χ4v) is 2.61. The van der Waals surface area contributed by atoms with Crippen LogP contribution in [0.15, 0.2) is 27.4 Å². The molecule has 4 heteroatoms. The molecule has 1 saturated carbocycles. The van der Waals surface area contributed by atoms with Gasteiger partial charge in [-0.2, -0.15) is 0 Å². The standard InChI is InChI=1S/C14H17NO3/c1-14(2)7-9(14)12(16)8-4-5-10-11(6-8)18-13(17)15(10)3/h4-6,9,12,16H,7H2,1-3H3. The molecule has 4 nitrogen and oxygen atoms in total. The Morgan fingerprint density at radius 1 is 1.50 bits per heavy atom. The fourth-order valence-electron chi connectivity index (χ4n) is 2.61. The van der Waals surface area contributed by atoms with Gasteiger partial charge in [-0.15, -0.1) is 0 Å². The normalized spacial score (nSPS) is 23.2. The Morgan fingerprint density at radius 2 is 2.17 bits per heavy atom. The summed E-state index contributed by atoms with van der Waals surface area (Å²) in [5.74, 6) is -0.0752. The van der Waals surface area contributed by atoms with E-state index < -0.39 is 6.10 Å². The van der Waals surface area contributed by atoms with Crippen molar-refractivity contribution in [1.29, 1.82) is 0 Å². The first-order chi connectivity index (χ1) is 8.40. The summed E-state index contributed by atoms with van der Waals surface area (Å²) in [4.78, 5) is 11.4. The quantitative estimate of drug-likeness (QED) is 0.885. The van der Waals surface area contributed by atoms with Crippen molar-refractivity contribution in [1.82, 2.24) is 4.57 Å². The van der Waals surface area contributed by atoms with E-state index in [4.69, 9.17) is 4.42 Å². The van der Waals surface area contributed by atoms with Crippen LogP contribution in [0, 0.1) is 11.3 Å². The Morgan fingerprint density at radius 3 is 2.78 bits per heavy atom. The van der Waals surface area contributed by atoms with Crippen LogP contribution in [0.3, 0.4) is 0 Å². The zero-order valence-electron chi connectivity index (χ0n) is 10.8. The molecular formula is C14H17NO3. The molecule has 2 atom stereocenters. The molecule has 18 heavy (non-hydrogen) atoms. The summed E-state index contributed by atoms with van der Waals surface area (Å²) in [5, 5.41) is 10.3. The molecule has 2 unspecified atom stereocenters. The van der Waals surface area contributed by atoms with E-state index in [1.165, 1.54) is 4.57 Å². The van der Waals surface area contributed by atoms with E-state index in [1.54, 1.807) is 13.1 Å². The summed E-state index contributed by atoms with van der Waals surface area (Å²) >= 11 is 0. The van der Waals surface area contributed by atoms with Crippen LogP contribution >= 0.6 is 0 Å². The van der Waals surface area contributed by atoms with Gasteiger partial charge < -0.3 is 9.52 Å². The highest BCUT2D eigenvalue weighted by Gasteiger charge is 2.50. The van der Waals surface area contributed by atoms with E-state index in [0.29, 0.717) is 11.5 Å². The molecule has 1 heterocycles. The number of aryl methyl sites for hydroxylation is 1. The largest absolute Gasteiger partial charge is 0.419 e. The first-order valence-corrected chi connectivity index (χ1v) is 6.18. The second-order valence-corrected chi connectivity index (χ2v) is 5.90. The van der Waals surface area contributed by atoms with Crippen LogP contribution in [0.1, 0.15) is 31.9 Å². The number of rotatable bonds is 2. The number of aromatic nitrogens is 1. The summed E-state index contributed by atoms with van der Waals surface area (Å²) < 4.78 is 6.60. The number of aliphatic hydroxyl groups is 1. The molecule has 0 radical (unpaired) electrons. The highest BCUT2D eigenvalue weighted by molar-refractivity contribution is 5.73. The van der Waals surface area contributed by atoms with Gasteiger partial charge in [-0.25, -0.2) is 4.79 Å². The molecule has 0 spiro atoms. The number of nitrogens with zero attached hydrogens (tertiary/aromatic N) is 1. The van der Waals surface area contributed by atoms with Crippen molar-refractivity contribution in [2.75, 3.05) is 0 Å². The van der Waals surface area contributed by atoms with Crippen molar-refractivity contribution in [3.8, 4) is 0 Å². The molecular weight excluding hydrogens is 230 g/mol. The minimum Gasteiger partial charge on any atom is -0.408 e. The summed E-state index contributed by atoms with van der Waals surface area (Å²) in [6, 6.07) is 5.47. The molecule has 1 fully saturated rings. The predicted octanol–water partition coefficient (Wildman–Crippen LogP) is 2.21. The number of benzene rings is 1. The third-order valence-corrected chi connectivity index (χ3v) is 4.13. The number of fused-ring (bicyclic) bond motifs is 1. The zero-order chi connectivity index (χ0) is 13.1. The number of hydrogen-bond acceptors (Lipinski definition) is 3. The van der Waals surface area contributed by atoms with Crippen molar-refractivity contribution < 1.29 is 9.52 Å². The highest BCUT2D eigenvalue weighted by atomic mass is 16.4. The Hall–Kier alpha value is -1.55. The molecule has 1 aliphatic carbocycles. The van der Waals surface area contributed by atoms with E-state index in [1.807, 2.05) is 12.1 Å². The van der Waals surface area contributed by atoms with Crippen LogP contribution in [0.2, 0.25) is 0 Å². The second-order valence-electron chi connectivity index (χ2n) is 5.90. The molecule has 1 aromatic carbocycles. The fraction of sp³-hybridized carbons (Fsp3) is 0.500. The van der Waals surface area contributed by atoms with E-state index in [-0.39, 0.29) is 11.2 Å². The molecule has 1 aliphatic rings. The highest BCUT2D eigenvalue weighted by Crippen LogP contribution is 2.57. The average molecular weight is 247 g/mol. The van der Waals surface area contributed by atoms with E-state index in [2.05, 4.69) is 13.8 Å². The first kappa shape index (κ1) is 11.5. The van der Waals surface area contributed by atoms with Crippen LogP contribution < -0.4 is 5.76 Å². The molecule has 0 bridgehead atoms. The van der Waals surface area contributed by atoms with Gasteiger partial charge in [0.1, 0.15) is 0 Å². The molecule has 0 amide bonds. The van der Waals surface area contributed by atoms with Crippen molar-refractivity contribution >= 4 is 11.1 Å². The SMILES string of the molecule is Cn1c(=O)oc2cc(C(O)C3CC3(C)C)ccc21. The number of aliphatic hydroxyl groups excluding tert-OH is 1. The molecule has 96 valence electrons. The van der Waals surface area contributed by atoms with Gasteiger partial charge in [0.15, 0.2) is 5.58 Å². The molecule has 3 rings (SSSR count). The summed E-state index contributed by atoms with van der Waals surface area (Å²) in [7, 11) is 1.67. The smallest absolute Gasteiger partial charge is 0.408 e. The Labute approximate surface area is 105 Å². The lowest BCUT2D eigenvalue weighted by atomic mass is 9.99. The van der Waals surface area contributed by atoms with E-state index >= 15 is 0 Å². The molecule has 0 aliphatic heterocycles. The molecule has 1 N–H and O–H groups in total. The van der Waals surface area contributed by atoms with Crippen molar-refractivity contribution in [3.05, 3.63) is 34.3 Å². The van der Waals surface area contributed by atoms with Crippen LogP contribution in [0.25, 0.3) is 11.1 Å². The van der Waals surface area contributed by atoms with Gasteiger partial charge in [-0.05, 0) is 35.4 Å². The topological polar surface area (TPSA) is 55.4 Å². The summed E-state index contributed by atoms with van der Waals surface area (Å²) in [5.41, 5.74) is 2.34. The van der Waals surface area contributed by atoms with Crippen molar-refractivity contribution in [2.45, 2.75) is 26.4 Å². The predicted molar refractivity (Wildman–Crippen MR) is 68.3 cm³/mol. The number of hydrogen-bond donors (Lipinski definition) is 1. The monoisotopic (exact) mass is 247 g/mol. The van der Waals surface area contributed by atoms with Gasteiger partial charge in [-0.3, -0.25) is 4.57 Å². The minimum absolute atomic E-state index is 0.214. The summed E-state index contributed by atoms with van der Waals surface area (Å²) in [6.45, 7) is 4.31. The maximum atomic E-state index is 11.4. The van der Waals surface area contributed by atoms with Crippen LogP contribution in [-0.2, 0) is 7.05 Å². The molecule has 2 aromatic rings. The van der Waals surface area contributed by atoms with Gasteiger partial charge in [0.25, 0.3) is 0 Å². The second kappa shape index (κ2) is 3.48. The third-order valence-electron chi connectivity index (χ3n) is 4.13. The minimum atomic E-state index is -0.477. The third kappa shape index (κ3) is 1.60. The van der Waals surface area contributed by atoms with Gasteiger partial charge >= 0.3 is 5.76 Å². The van der Waals surface area contributed by atoms with Gasteiger partial charge in [0.2, 0.25) is 0 Å². The Balaban J connectivity index is 2.01. The molecule has 0 saturated heterocycles. The number of oxazole rings is 1. The Bertz CT molecular complexity index is 665. The van der Waals surface area contributed by atoms with Crippen LogP contribution in [0.4, 0.5) is 0 Å². The van der Waals surface area contributed by atoms with Gasteiger partial charge in [0, 0.05) is 7.05 Å². The lowest BCUT2D eigenvalue weighted by Gasteiger charge is -2.12. The van der Waals surface area contributed by atoms with E-state index in [9.17, 15) is 9.90 Å². The lowest BCUT2D eigenvalue weighted by Crippen LogP contribution is -2.08. The zero-order valence-corrected chi connectivity index (χ0v) is 10.8. The lowest BCUT2D eigenvalue weighted by molar-refractivity contribution is 0.138. The maximum Gasteiger partial charge on any atom is 0.419 e. The first-order valence-electron chi connectivity index (χ1n) is 6.18. The van der Waals surface area contributed by atoms with Crippen molar-refractivity contribution in [3.63, 3.8) is 0 Å². The van der Waals surface area contributed by atoms with Gasteiger partial charge in [0.05, 0.1) is 11.6 Å². The Kier molecular flexibility index (Phi) is 2.23. The van der Waals surface area contributed by atoms with Crippen molar-refractivity contribution in [2.24, 2.45) is 18.4 Å². The van der Waals surface area contributed by atoms with Crippen LogP contribution in [0.5, 0.6) is 0 Å². The van der Waals surface area contributed by atoms with Gasteiger partial charge in [-0.1, -0.05) is 19.9 Å². The maximum absolute atomic E-state index is 11.4. The van der Waals surface area contributed by atoms with E-state index in [0.717, 1.165) is 17.5 Å². The average Bonchev–Trinajstić information content (AvgIpc) is 2.86. The van der Waals surface area contributed by atoms with Crippen LogP contribution in [-0.4, -0.2) is 9.67 Å². The molecule has 1 aromatic heterocycles. The summed E-state index contributed by atoms with van der Waals surface area (Å²) in [6.07, 6.45) is 0.556.